The predicted octanol–water partition coefficient (Wildman–Crippen LogP) is 4.93. The summed E-state index contributed by atoms with van der Waals surface area (Å²) in [5, 5.41) is 0. The maximum absolute atomic E-state index is 12.4. The van der Waals surface area contributed by atoms with Gasteiger partial charge in [0.15, 0.2) is 5.78 Å². The zero-order valence-corrected chi connectivity index (χ0v) is 13.5. The minimum atomic E-state index is -0.0941. The van der Waals surface area contributed by atoms with Crippen LogP contribution in [0.1, 0.15) is 62.3 Å². The zero-order valence-electron chi connectivity index (χ0n) is 13.5. The Hall–Kier alpha value is -0.850. The smallest absolute Gasteiger partial charge is 0.182 e. The number of carbonyl (C=O) groups excluding carboxylic acids is 1. The average molecular weight is 248 g/mol. The molecule has 0 unspecified atom stereocenters. The van der Waals surface area contributed by atoms with Gasteiger partial charge in [0.1, 0.15) is 0 Å². The van der Waals surface area contributed by atoms with Gasteiger partial charge in [-0.1, -0.05) is 62.3 Å². The van der Waals surface area contributed by atoms with Crippen LogP contribution in [0, 0.1) is 16.2 Å². The van der Waals surface area contributed by atoms with Gasteiger partial charge in [0.05, 0.1) is 0 Å². The first-order valence-corrected chi connectivity index (χ1v) is 6.78. The number of carbonyl (C=O) groups is 1. The molecular weight excluding hydrogens is 220 g/mol. The molecule has 0 saturated heterocycles. The first kappa shape index (κ1) is 15.2. The van der Waals surface area contributed by atoms with Gasteiger partial charge < -0.3 is 0 Å². The molecule has 102 valence electrons. The number of rotatable bonds is 0. The van der Waals surface area contributed by atoms with Crippen LogP contribution in [0.15, 0.2) is 22.8 Å². The highest BCUT2D eigenvalue weighted by Gasteiger charge is 2.40. The van der Waals surface area contributed by atoms with Crippen molar-refractivity contribution in [1.82, 2.24) is 0 Å². The maximum Gasteiger partial charge on any atom is 0.182 e. The van der Waals surface area contributed by atoms with E-state index in [1.165, 1.54) is 11.1 Å². The first-order valence-electron chi connectivity index (χ1n) is 6.78. The Morgan fingerprint density at radius 3 is 1.33 bits per heavy atom. The number of ketones is 1. The fourth-order valence-electron chi connectivity index (χ4n) is 2.65. The highest BCUT2D eigenvalue weighted by molar-refractivity contribution is 6.10. The van der Waals surface area contributed by atoms with Gasteiger partial charge in [-0.05, 0) is 33.5 Å². The lowest BCUT2D eigenvalue weighted by Crippen LogP contribution is -2.24. The Kier molecular flexibility index (Phi) is 3.45. The predicted molar refractivity (Wildman–Crippen MR) is 78.5 cm³/mol. The van der Waals surface area contributed by atoms with E-state index < -0.39 is 0 Å². The van der Waals surface area contributed by atoms with Gasteiger partial charge >= 0.3 is 0 Å². The van der Waals surface area contributed by atoms with E-state index in [4.69, 9.17) is 0 Å². The molecule has 1 nitrogen and oxygen atoms in total. The minimum absolute atomic E-state index is 0.00782. The zero-order chi connectivity index (χ0) is 14.5. The Morgan fingerprint density at radius 2 is 1.06 bits per heavy atom. The van der Waals surface area contributed by atoms with Crippen LogP contribution in [0.4, 0.5) is 0 Å². The van der Waals surface area contributed by atoms with Crippen LogP contribution < -0.4 is 0 Å². The summed E-state index contributed by atoms with van der Waals surface area (Å²) in [5.41, 5.74) is 3.40. The van der Waals surface area contributed by atoms with Gasteiger partial charge in [-0.3, -0.25) is 4.79 Å². The van der Waals surface area contributed by atoms with E-state index in [0.29, 0.717) is 0 Å². The summed E-state index contributed by atoms with van der Waals surface area (Å²) in [5.74, 6) is 0.206. The second kappa shape index (κ2) is 4.08. The van der Waals surface area contributed by atoms with Crippen molar-refractivity contribution in [2.24, 2.45) is 16.2 Å². The second-order valence-corrected chi connectivity index (χ2v) is 8.42. The highest BCUT2D eigenvalue weighted by Crippen LogP contribution is 2.49. The third-order valence-corrected chi connectivity index (χ3v) is 3.35. The first-order chi connectivity index (χ1) is 7.76. The molecule has 18 heavy (non-hydrogen) atoms. The molecule has 1 rings (SSSR count). The summed E-state index contributed by atoms with van der Waals surface area (Å²) in [6.45, 7) is 19.5. The SMILES string of the molecule is CC(C)(C)C1=CC(=O)C(C(C)(C)C)=C1C(C)(C)C. The van der Waals surface area contributed by atoms with Crippen LogP contribution in [0.2, 0.25) is 0 Å². The van der Waals surface area contributed by atoms with Crippen LogP contribution in [0.3, 0.4) is 0 Å². The average Bonchev–Trinajstić information content (AvgIpc) is 2.39. The summed E-state index contributed by atoms with van der Waals surface area (Å²) in [6, 6.07) is 0. The molecule has 0 amide bonds. The van der Waals surface area contributed by atoms with Gasteiger partial charge in [-0.15, -0.1) is 0 Å². The molecule has 0 aliphatic heterocycles. The Morgan fingerprint density at radius 1 is 0.667 bits per heavy atom. The monoisotopic (exact) mass is 248 g/mol. The third-order valence-electron chi connectivity index (χ3n) is 3.35. The van der Waals surface area contributed by atoms with Crippen molar-refractivity contribution >= 4 is 5.78 Å². The maximum atomic E-state index is 12.4. The fourth-order valence-corrected chi connectivity index (χ4v) is 2.65. The van der Waals surface area contributed by atoms with Crippen molar-refractivity contribution in [3.8, 4) is 0 Å². The summed E-state index contributed by atoms with van der Waals surface area (Å²) in [4.78, 5) is 12.4. The fraction of sp³-hybridized carbons (Fsp3) is 0.706. The van der Waals surface area contributed by atoms with Crippen molar-refractivity contribution < 1.29 is 4.79 Å². The van der Waals surface area contributed by atoms with Gasteiger partial charge in [-0.25, -0.2) is 0 Å². The van der Waals surface area contributed by atoms with Gasteiger partial charge in [0, 0.05) is 5.57 Å². The quantitative estimate of drug-likeness (QED) is 0.594. The van der Waals surface area contributed by atoms with E-state index in [1.54, 1.807) is 0 Å². The number of hydrogen-bond acceptors (Lipinski definition) is 1. The number of allylic oxidation sites excluding steroid dienone is 4. The third kappa shape index (κ3) is 2.76. The highest BCUT2D eigenvalue weighted by atomic mass is 16.1. The molecular formula is C17H28O. The standard InChI is InChI=1S/C17H28O/c1-15(2,3)11-10-12(18)14(17(7,8)9)13(11)16(4,5)6/h10H,1-9H3. The van der Waals surface area contributed by atoms with Gasteiger partial charge in [0.2, 0.25) is 0 Å². The molecule has 0 aromatic carbocycles. The molecule has 0 saturated carbocycles. The Bertz CT molecular complexity index is 426. The Labute approximate surface area is 112 Å². The van der Waals surface area contributed by atoms with E-state index in [0.717, 1.165) is 5.57 Å². The lowest BCUT2D eigenvalue weighted by Gasteiger charge is -2.34. The van der Waals surface area contributed by atoms with E-state index in [2.05, 4.69) is 62.3 Å². The molecule has 0 bridgehead atoms. The summed E-state index contributed by atoms with van der Waals surface area (Å²) >= 11 is 0. The van der Waals surface area contributed by atoms with Crippen LogP contribution >= 0.6 is 0 Å². The normalized spacial score (nSPS) is 18.5. The van der Waals surface area contributed by atoms with Gasteiger partial charge in [0.25, 0.3) is 0 Å². The van der Waals surface area contributed by atoms with Crippen LogP contribution in [-0.4, -0.2) is 5.78 Å². The molecule has 0 aromatic heterocycles. The molecule has 1 heteroatoms. The van der Waals surface area contributed by atoms with Gasteiger partial charge in [-0.2, -0.15) is 0 Å². The van der Waals surface area contributed by atoms with Crippen molar-refractivity contribution in [2.75, 3.05) is 0 Å². The van der Waals surface area contributed by atoms with Crippen molar-refractivity contribution in [2.45, 2.75) is 62.3 Å². The molecule has 0 atom stereocenters. The Balaban J connectivity index is 3.58. The van der Waals surface area contributed by atoms with Crippen LogP contribution in [0.5, 0.6) is 0 Å². The van der Waals surface area contributed by atoms with Crippen molar-refractivity contribution in [3.05, 3.63) is 22.8 Å². The molecule has 0 aromatic rings. The molecule has 0 radical (unpaired) electrons. The summed E-state index contributed by atoms with van der Waals surface area (Å²) < 4.78 is 0. The molecule has 0 fully saturated rings. The molecule has 1 aliphatic rings. The number of hydrogen-bond donors (Lipinski definition) is 0. The van der Waals surface area contributed by atoms with Crippen molar-refractivity contribution in [3.63, 3.8) is 0 Å². The molecule has 1 aliphatic carbocycles. The largest absolute Gasteiger partial charge is 0.290 e. The lowest BCUT2D eigenvalue weighted by molar-refractivity contribution is -0.112. The summed E-state index contributed by atoms with van der Waals surface area (Å²) in [6.07, 6.45) is 1.86. The molecule has 0 spiro atoms. The van der Waals surface area contributed by atoms with E-state index in [9.17, 15) is 4.79 Å². The van der Waals surface area contributed by atoms with Crippen LogP contribution in [0.25, 0.3) is 0 Å². The summed E-state index contributed by atoms with van der Waals surface area (Å²) in [7, 11) is 0. The van der Waals surface area contributed by atoms with Crippen molar-refractivity contribution in [1.29, 1.82) is 0 Å². The molecule has 0 heterocycles. The topological polar surface area (TPSA) is 17.1 Å². The lowest BCUT2D eigenvalue weighted by atomic mass is 9.70. The van der Waals surface area contributed by atoms with E-state index in [-0.39, 0.29) is 22.0 Å². The second-order valence-electron chi connectivity index (χ2n) is 8.42. The van der Waals surface area contributed by atoms with E-state index >= 15 is 0 Å². The minimum Gasteiger partial charge on any atom is -0.290 e. The molecule has 0 N–H and O–H groups in total. The van der Waals surface area contributed by atoms with E-state index in [1.807, 2.05) is 6.08 Å². The van der Waals surface area contributed by atoms with Crippen LogP contribution in [-0.2, 0) is 4.79 Å².